The predicted octanol–water partition coefficient (Wildman–Crippen LogP) is 3.26. The van der Waals surface area contributed by atoms with E-state index in [1.807, 2.05) is 19.1 Å². The minimum Gasteiger partial charge on any atom is -0.490 e. The maximum atomic E-state index is 11.8. The molecule has 2 aromatic rings. The maximum absolute atomic E-state index is 11.8. The monoisotopic (exact) mass is 350 g/mol. The van der Waals surface area contributed by atoms with Crippen LogP contribution < -0.4 is 14.8 Å². The molecule has 0 saturated heterocycles. The van der Waals surface area contributed by atoms with Crippen LogP contribution >= 0.6 is 15.9 Å². The van der Waals surface area contributed by atoms with Gasteiger partial charge in [0, 0.05) is 10.7 Å². The van der Waals surface area contributed by atoms with Crippen molar-refractivity contribution in [3.63, 3.8) is 0 Å². The summed E-state index contributed by atoms with van der Waals surface area (Å²) in [7, 11) is 0. The van der Waals surface area contributed by atoms with Crippen molar-refractivity contribution < 1.29 is 14.3 Å². The summed E-state index contributed by atoms with van der Waals surface area (Å²) in [6.07, 6.45) is 1.61. The summed E-state index contributed by atoms with van der Waals surface area (Å²) in [6, 6.07) is 10.7. The van der Waals surface area contributed by atoms with Crippen LogP contribution in [0.15, 0.2) is 47.1 Å². The number of anilines is 1. The van der Waals surface area contributed by atoms with E-state index in [0.29, 0.717) is 23.9 Å². The number of hydrogen-bond donors (Lipinski definition) is 1. The Morgan fingerprint density at radius 1 is 1.19 bits per heavy atom. The van der Waals surface area contributed by atoms with Crippen LogP contribution in [0.3, 0.4) is 0 Å². The number of pyridine rings is 1. The average Bonchev–Trinajstić information content (AvgIpc) is 2.49. The number of carbonyl (C=O) groups is 1. The van der Waals surface area contributed by atoms with E-state index in [-0.39, 0.29) is 12.5 Å². The Kier molecular flexibility index (Phi) is 5.57. The summed E-state index contributed by atoms with van der Waals surface area (Å²) in [5, 5.41) is 2.65. The number of rotatable bonds is 6. The molecule has 0 aliphatic rings. The number of hydrogen-bond acceptors (Lipinski definition) is 4. The lowest BCUT2D eigenvalue weighted by Gasteiger charge is -2.11. The Bertz CT molecular complexity index is 602. The van der Waals surface area contributed by atoms with Crippen LogP contribution in [0, 0.1) is 0 Å². The minimum absolute atomic E-state index is 0.109. The van der Waals surface area contributed by atoms with Crippen molar-refractivity contribution in [3.8, 4) is 11.5 Å². The zero-order valence-electron chi connectivity index (χ0n) is 11.5. The molecular formula is C15H15BrN2O3. The maximum Gasteiger partial charge on any atom is 0.263 e. The van der Waals surface area contributed by atoms with E-state index in [1.165, 1.54) is 0 Å². The summed E-state index contributed by atoms with van der Waals surface area (Å²) in [6.45, 7) is 2.32. The Labute approximate surface area is 131 Å². The fourth-order valence-corrected chi connectivity index (χ4v) is 1.85. The van der Waals surface area contributed by atoms with E-state index in [4.69, 9.17) is 9.47 Å². The van der Waals surface area contributed by atoms with E-state index in [1.54, 1.807) is 30.5 Å². The molecule has 0 bridgehead atoms. The first-order chi connectivity index (χ1) is 10.2. The third-order valence-electron chi connectivity index (χ3n) is 2.50. The molecule has 1 amide bonds. The number of para-hydroxylation sites is 2. The van der Waals surface area contributed by atoms with Gasteiger partial charge in [-0.05, 0) is 47.1 Å². The van der Waals surface area contributed by atoms with Crippen molar-refractivity contribution in [2.24, 2.45) is 0 Å². The molecule has 110 valence electrons. The number of nitrogens with one attached hydrogen (secondary N) is 1. The molecule has 0 atom stereocenters. The van der Waals surface area contributed by atoms with Crippen molar-refractivity contribution in [2.45, 2.75) is 6.92 Å². The third kappa shape index (κ3) is 4.75. The van der Waals surface area contributed by atoms with Gasteiger partial charge < -0.3 is 14.8 Å². The second-order valence-corrected chi connectivity index (χ2v) is 4.99. The number of halogens is 1. The predicted molar refractivity (Wildman–Crippen MR) is 83.7 cm³/mol. The summed E-state index contributed by atoms with van der Waals surface area (Å²) in [4.78, 5) is 15.9. The number of benzene rings is 1. The van der Waals surface area contributed by atoms with Gasteiger partial charge in [0.25, 0.3) is 5.91 Å². The fourth-order valence-electron chi connectivity index (χ4n) is 1.62. The van der Waals surface area contributed by atoms with Crippen LogP contribution in [0.4, 0.5) is 5.82 Å². The minimum atomic E-state index is -0.281. The number of amides is 1. The van der Waals surface area contributed by atoms with E-state index in [9.17, 15) is 4.79 Å². The van der Waals surface area contributed by atoms with Crippen molar-refractivity contribution >= 4 is 27.7 Å². The van der Waals surface area contributed by atoms with Gasteiger partial charge in [0.2, 0.25) is 0 Å². The molecule has 1 N–H and O–H groups in total. The molecule has 0 unspecified atom stereocenters. The van der Waals surface area contributed by atoms with Crippen molar-refractivity contribution in [2.75, 3.05) is 18.5 Å². The normalized spacial score (nSPS) is 10.0. The first-order valence-electron chi connectivity index (χ1n) is 6.45. The standard InChI is InChI=1S/C15H15BrN2O3/c1-2-20-12-5-3-4-6-13(12)21-10-15(19)18-14-8-7-11(16)9-17-14/h3-9H,2,10H2,1H3,(H,17,18,19). The number of carbonyl (C=O) groups excluding carboxylic acids is 1. The second-order valence-electron chi connectivity index (χ2n) is 4.08. The lowest BCUT2D eigenvalue weighted by Crippen LogP contribution is -2.20. The fraction of sp³-hybridized carbons (Fsp3) is 0.200. The topological polar surface area (TPSA) is 60.5 Å². The molecule has 6 heteroatoms. The van der Waals surface area contributed by atoms with Gasteiger partial charge >= 0.3 is 0 Å². The van der Waals surface area contributed by atoms with E-state index in [0.717, 1.165) is 4.47 Å². The molecule has 1 aromatic carbocycles. The molecule has 0 saturated carbocycles. The van der Waals surface area contributed by atoms with Crippen LogP contribution in [0.5, 0.6) is 11.5 Å². The molecule has 5 nitrogen and oxygen atoms in total. The first-order valence-corrected chi connectivity index (χ1v) is 7.24. The van der Waals surface area contributed by atoms with E-state index in [2.05, 4.69) is 26.2 Å². The molecule has 2 rings (SSSR count). The average molecular weight is 351 g/mol. The lowest BCUT2D eigenvalue weighted by molar-refractivity contribution is -0.118. The van der Waals surface area contributed by atoms with Crippen LogP contribution in [0.1, 0.15) is 6.92 Å². The van der Waals surface area contributed by atoms with Gasteiger partial charge in [-0.1, -0.05) is 12.1 Å². The highest BCUT2D eigenvalue weighted by atomic mass is 79.9. The Hall–Kier alpha value is -2.08. The largest absolute Gasteiger partial charge is 0.490 e. The quantitative estimate of drug-likeness (QED) is 0.868. The molecule has 0 aliphatic heterocycles. The zero-order valence-corrected chi connectivity index (χ0v) is 13.1. The number of nitrogens with zero attached hydrogens (tertiary/aromatic N) is 1. The highest BCUT2D eigenvalue weighted by molar-refractivity contribution is 9.10. The van der Waals surface area contributed by atoms with E-state index >= 15 is 0 Å². The Morgan fingerprint density at radius 2 is 1.90 bits per heavy atom. The SMILES string of the molecule is CCOc1ccccc1OCC(=O)Nc1ccc(Br)cn1. The van der Waals surface area contributed by atoms with Gasteiger partial charge in [0.15, 0.2) is 18.1 Å². The van der Waals surface area contributed by atoms with Crippen molar-refractivity contribution in [3.05, 3.63) is 47.1 Å². The summed E-state index contributed by atoms with van der Waals surface area (Å²) < 4.78 is 11.7. The van der Waals surface area contributed by atoms with Crippen LogP contribution in [-0.2, 0) is 4.79 Å². The number of ether oxygens (including phenoxy) is 2. The Balaban J connectivity index is 1.90. The van der Waals surface area contributed by atoms with Gasteiger partial charge in [-0.2, -0.15) is 0 Å². The molecular weight excluding hydrogens is 336 g/mol. The molecule has 21 heavy (non-hydrogen) atoms. The summed E-state index contributed by atoms with van der Waals surface area (Å²) >= 11 is 3.28. The summed E-state index contributed by atoms with van der Waals surface area (Å²) in [5.74, 6) is 1.36. The zero-order chi connectivity index (χ0) is 15.1. The van der Waals surface area contributed by atoms with Gasteiger partial charge in [0.1, 0.15) is 5.82 Å². The first kappa shape index (κ1) is 15.3. The van der Waals surface area contributed by atoms with E-state index < -0.39 is 0 Å². The highest BCUT2D eigenvalue weighted by Crippen LogP contribution is 2.26. The third-order valence-corrected chi connectivity index (χ3v) is 2.97. The van der Waals surface area contributed by atoms with Crippen molar-refractivity contribution in [1.82, 2.24) is 4.98 Å². The molecule has 1 aromatic heterocycles. The smallest absolute Gasteiger partial charge is 0.263 e. The second kappa shape index (κ2) is 7.64. The van der Waals surface area contributed by atoms with Gasteiger partial charge in [-0.15, -0.1) is 0 Å². The summed E-state index contributed by atoms with van der Waals surface area (Å²) in [5.41, 5.74) is 0. The highest BCUT2D eigenvalue weighted by Gasteiger charge is 2.08. The lowest BCUT2D eigenvalue weighted by atomic mass is 10.3. The van der Waals surface area contributed by atoms with Crippen molar-refractivity contribution in [1.29, 1.82) is 0 Å². The van der Waals surface area contributed by atoms with Gasteiger partial charge in [-0.3, -0.25) is 4.79 Å². The molecule has 0 fully saturated rings. The van der Waals surface area contributed by atoms with Crippen LogP contribution in [-0.4, -0.2) is 24.1 Å². The van der Waals surface area contributed by atoms with Crippen LogP contribution in [0.25, 0.3) is 0 Å². The van der Waals surface area contributed by atoms with Crippen LogP contribution in [0.2, 0.25) is 0 Å². The number of aromatic nitrogens is 1. The Morgan fingerprint density at radius 3 is 2.52 bits per heavy atom. The molecule has 1 heterocycles. The molecule has 0 aliphatic carbocycles. The molecule has 0 spiro atoms. The molecule has 0 radical (unpaired) electrons. The van der Waals surface area contributed by atoms with Gasteiger partial charge in [-0.25, -0.2) is 4.98 Å². The van der Waals surface area contributed by atoms with Gasteiger partial charge in [0.05, 0.1) is 6.61 Å².